The van der Waals surface area contributed by atoms with Gasteiger partial charge in [0.05, 0.1) is 18.2 Å². The number of para-hydroxylation sites is 2. The van der Waals surface area contributed by atoms with Gasteiger partial charge in [0.15, 0.2) is 6.10 Å². The molecule has 1 amide bonds. The van der Waals surface area contributed by atoms with Crippen molar-refractivity contribution in [1.82, 2.24) is 0 Å². The Morgan fingerprint density at radius 3 is 2.50 bits per heavy atom. The number of nitrogens with zero attached hydrogens (tertiary/aromatic N) is 1. The molecule has 2 aromatic carbocycles. The first-order valence-corrected chi connectivity index (χ1v) is 9.33. The van der Waals surface area contributed by atoms with Crippen molar-refractivity contribution < 1.29 is 23.9 Å². The first kappa shape index (κ1) is 19.6. The minimum Gasteiger partial charge on any atom is -0.492 e. The molecule has 1 saturated heterocycles. The quantitative estimate of drug-likeness (QED) is 0.544. The van der Waals surface area contributed by atoms with Crippen molar-refractivity contribution in [3.63, 3.8) is 0 Å². The number of Topliss-reactive ketones (excluding diaryl/α,β-unsaturated/α-hetero) is 1. The number of rotatable bonds is 7. The monoisotopic (exact) mass is 381 g/mol. The fraction of sp³-hybridized carbons (Fsp3) is 0.318. The fourth-order valence-corrected chi connectivity index (χ4v) is 3.22. The van der Waals surface area contributed by atoms with E-state index >= 15 is 0 Å². The number of carbonyl (C=O) groups is 3. The molecule has 1 fully saturated rings. The molecule has 0 N–H and O–H groups in total. The maximum absolute atomic E-state index is 12.5. The molecule has 1 aliphatic heterocycles. The molecule has 6 heteroatoms. The van der Waals surface area contributed by atoms with Crippen LogP contribution in [0.1, 0.15) is 30.6 Å². The molecule has 0 radical (unpaired) electrons. The topological polar surface area (TPSA) is 72.9 Å². The molecule has 0 aliphatic carbocycles. The number of ketones is 1. The Kier molecular flexibility index (Phi) is 6.09. The van der Waals surface area contributed by atoms with E-state index in [-0.39, 0.29) is 24.7 Å². The Labute approximate surface area is 164 Å². The van der Waals surface area contributed by atoms with Crippen molar-refractivity contribution in [3.05, 3.63) is 60.2 Å². The van der Waals surface area contributed by atoms with Gasteiger partial charge in [0.1, 0.15) is 5.75 Å². The second-order valence-electron chi connectivity index (χ2n) is 6.62. The van der Waals surface area contributed by atoms with Gasteiger partial charge < -0.3 is 14.4 Å². The Morgan fingerprint density at radius 2 is 1.79 bits per heavy atom. The first-order valence-electron chi connectivity index (χ1n) is 9.33. The van der Waals surface area contributed by atoms with E-state index in [1.54, 1.807) is 48.2 Å². The van der Waals surface area contributed by atoms with Crippen LogP contribution in [-0.2, 0) is 14.3 Å². The van der Waals surface area contributed by atoms with Crippen LogP contribution in [0.15, 0.2) is 54.6 Å². The molecule has 1 heterocycles. The third-order valence-corrected chi connectivity index (χ3v) is 4.63. The molecular weight excluding hydrogens is 358 g/mol. The second-order valence-corrected chi connectivity index (χ2v) is 6.62. The van der Waals surface area contributed by atoms with Gasteiger partial charge in [-0.3, -0.25) is 14.4 Å². The zero-order valence-corrected chi connectivity index (χ0v) is 16.0. The van der Waals surface area contributed by atoms with Gasteiger partial charge >= 0.3 is 5.97 Å². The number of benzene rings is 2. The number of amides is 1. The lowest BCUT2D eigenvalue weighted by Gasteiger charge is -2.20. The summed E-state index contributed by atoms with van der Waals surface area (Å²) in [6.45, 7) is 4.09. The van der Waals surface area contributed by atoms with E-state index in [1.807, 2.05) is 25.1 Å². The van der Waals surface area contributed by atoms with E-state index < -0.39 is 18.0 Å². The lowest BCUT2D eigenvalue weighted by atomic mass is 10.1. The van der Waals surface area contributed by atoms with Gasteiger partial charge in [-0.1, -0.05) is 42.5 Å². The normalized spacial score (nSPS) is 17.3. The molecule has 0 unspecified atom stereocenters. The summed E-state index contributed by atoms with van der Waals surface area (Å²) >= 11 is 0. The van der Waals surface area contributed by atoms with Crippen molar-refractivity contribution in [1.29, 1.82) is 0 Å². The maximum atomic E-state index is 12.5. The number of hydrogen-bond acceptors (Lipinski definition) is 5. The summed E-state index contributed by atoms with van der Waals surface area (Å²) in [5.41, 5.74) is 1.12. The third-order valence-electron chi connectivity index (χ3n) is 4.63. The van der Waals surface area contributed by atoms with E-state index in [0.29, 0.717) is 23.6 Å². The average molecular weight is 381 g/mol. The number of carbonyl (C=O) groups excluding carboxylic acids is 3. The van der Waals surface area contributed by atoms with Crippen LogP contribution < -0.4 is 9.64 Å². The minimum atomic E-state index is -0.908. The zero-order chi connectivity index (χ0) is 20.1. The molecule has 0 aromatic heterocycles. The van der Waals surface area contributed by atoms with Crippen molar-refractivity contribution in [2.24, 2.45) is 5.92 Å². The van der Waals surface area contributed by atoms with Crippen LogP contribution in [-0.4, -0.2) is 36.9 Å². The zero-order valence-electron chi connectivity index (χ0n) is 16.0. The van der Waals surface area contributed by atoms with E-state index in [9.17, 15) is 14.4 Å². The molecule has 3 rings (SSSR count). The smallest absolute Gasteiger partial charge is 0.312 e. The van der Waals surface area contributed by atoms with E-state index in [4.69, 9.17) is 9.47 Å². The number of ether oxygens (including phenoxy) is 2. The molecule has 2 atom stereocenters. The van der Waals surface area contributed by atoms with Crippen LogP contribution in [0.3, 0.4) is 0 Å². The summed E-state index contributed by atoms with van der Waals surface area (Å²) in [6, 6.07) is 15.9. The summed E-state index contributed by atoms with van der Waals surface area (Å²) in [6.07, 6.45) is -0.860. The van der Waals surface area contributed by atoms with Crippen molar-refractivity contribution in [2.75, 3.05) is 18.1 Å². The standard InChI is InChI=1S/C22H23NO5/c1-3-27-19-12-8-7-11-18(19)23-14-17(13-20(23)24)22(26)28-15(2)21(25)16-9-5-4-6-10-16/h4-12,15,17H,3,13-14H2,1-2H3/t15-,17+/m0/s1. The molecule has 1 aliphatic rings. The summed E-state index contributed by atoms with van der Waals surface area (Å²) in [7, 11) is 0. The Balaban J connectivity index is 1.66. The van der Waals surface area contributed by atoms with Crippen LogP contribution >= 0.6 is 0 Å². The number of anilines is 1. The van der Waals surface area contributed by atoms with Gasteiger partial charge in [-0.15, -0.1) is 0 Å². The van der Waals surface area contributed by atoms with Gasteiger partial charge in [0, 0.05) is 18.5 Å². The highest BCUT2D eigenvalue weighted by atomic mass is 16.5. The predicted octanol–water partition coefficient (Wildman–Crippen LogP) is 3.25. The van der Waals surface area contributed by atoms with E-state index in [1.165, 1.54) is 0 Å². The summed E-state index contributed by atoms with van der Waals surface area (Å²) < 4.78 is 10.9. The second kappa shape index (κ2) is 8.69. The van der Waals surface area contributed by atoms with E-state index in [2.05, 4.69) is 0 Å². The van der Waals surface area contributed by atoms with Gasteiger partial charge in [0.25, 0.3) is 0 Å². The summed E-state index contributed by atoms with van der Waals surface area (Å²) in [5, 5.41) is 0. The lowest BCUT2D eigenvalue weighted by Crippen LogP contribution is -2.30. The fourth-order valence-electron chi connectivity index (χ4n) is 3.22. The summed E-state index contributed by atoms with van der Waals surface area (Å²) in [5.74, 6) is -0.998. The highest BCUT2D eigenvalue weighted by Crippen LogP contribution is 2.33. The van der Waals surface area contributed by atoms with Gasteiger partial charge in [0.2, 0.25) is 11.7 Å². The first-order chi connectivity index (χ1) is 13.5. The molecule has 0 bridgehead atoms. The molecule has 146 valence electrons. The minimum absolute atomic E-state index is 0.0472. The third kappa shape index (κ3) is 4.22. The predicted molar refractivity (Wildman–Crippen MR) is 104 cm³/mol. The van der Waals surface area contributed by atoms with Crippen molar-refractivity contribution in [3.8, 4) is 5.75 Å². The van der Waals surface area contributed by atoms with Crippen molar-refractivity contribution >= 4 is 23.3 Å². The molecular formula is C22H23NO5. The SMILES string of the molecule is CCOc1ccccc1N1C[C@H](C(=O)O[C@@H](C)C(=O)c2ccccc2)CC1=O. The van der Waals surface area contributed by atoms with Crippen LogP contribution in [0.2, 0.25) is 0 Å². The van der Waals surface area contributed by atoms with Crippen LogP contribution in [0.25, 0.3) is 0 Å². The molecule has 28 heavy (non-hydrogen) atoms. The number of esters is 1. The largest absolute Gasteiger partial charge is 0.492 e. The summed E-state index contributed by atoms with van der Waals surface area (Å²) in [4.78, 5) is 39.0. The van der Waals surface area contributed by atoms with Crippen molar-refractivity contribution in [2.45, 2.75) is 26.4 Å². The molecule has 0 saturated carbocycles. The molecule has 0 spiro atoms. The maximum Gasteiger partial charge on any atom is 0.312 e. The van der Waals surface area contributed by atoms with Crippen LogP contribution in [0, 0.1) is 5.92 Å². The Morgan fingerprint density at radius 1 is 1.11 bits per heavy atom. The Hall–Kier alpha value is -3.15. The van der Waals surface area contributed by atoms with Gasteiger partial charge in [-0.25, -0.2) is 0 Å². The molecule has 6 nitrogen and oxygen atoms in total. The highest BCUT2D eigenvalue weighted by molar-refractivity contribution is 6.02. The average Bonchev–Trinajstić information content (AvgIpc) is 3.10. The van der Waals surface area contributed by atoms with Gasteiger partial charge in [-0.05, 0) is 26.0 Å². The van der Waals surface area contributed by atoms with Crippen LogP contribution in [0.4, 0.5) is 5.69 Å². The number of hydrogen-bond donors (Lipinski definition) is 0. The van der Waals surface area contributed by atoms with E-state index in [0.717, 1.165) is 0 Å². The highest BCUT2D eigenvalue weighted by Gasteiger charge is 2.38. The molecule has 2 aromatic rings. The Bertz CT molecular complexity index is 864. The van der Waals surface area contributed by atoms with Gasteiger partial charge in [-0.2, -0.15) is 0 Å². The van der Waals surface area contributed by atoms with Crippen LogP contribution in [0.5, 0.6) is 5.75 Å². The lowest BCUT2D eigenvalue weighted by molar-refractivity contribution is -0.151.